The smallest absolute Gasteiger partial charge is 0.0715 e. The molecular weight excluding hydrogens is 178 g/mol. The quantitative estimate of drug-likeness (QED) is 0.634. The molecule has 0 aromatic rings. The Kier molecular flexibility index (Phi) is 6.15. The van der Waals surface area contributed by atoms with Gasteiger partial charge in [0.05, 0.1) is 19.3 Å². The third-order valence-corrected chi connectivity index (χ3v) is 2.60. The lowest BCUT2D eigenvalue weighted by atomic mass is 10.1. The molecule has 84 valence electrons. The fourth-order valence-corrected chi connectivity index (χ4v) is 1.90. The summed E-state index contributed by atoms with van der Waals surface area (Å²) < 4.78 is 10.9. The molecule has 3 heteroatoms. The summed E-state index contributed by atoms with van der Waals surface area (Å²) in [4.78, 5) is 0. The largest absolute Gasteiger partial charge is 0.379 e. The Morgan fingerprint density at radius 3 is 2.86 bits per heavy atom. The van der Waals surface area contributed by atoms with Gasteiger partial charge in [-0.3, -0.25) is 0 Å². The van der Waals surface area contributed by atoms with E-state index in [1.807, 2.05) is 6.92 Å². The minimum atomic E-state index is 0.409. The Balaban J connectivity index is 1.98. The molecule has 0 radical (unpaired) electrons. The molecule has 3 nitrogen and oxygen atoms in total. The summed E-state index contributed by atoms with van der Waals surface area (Å²) in [5.41, 5.74) is 0. The fourth-order valence-electron chi connectivity index (χ4n) is 1.90. The van der Waals surface area contributed by atoms with Crippen LogP contribution in [0.5, 0.6) is 0 Å². The lowest BCUT2D eigenvalue weighted by Gasteiger charge is -2.11. The van der Waals surface area contributed by atoms with E-state index in [2.05, 4.69) is 12.2 Å². The molecule has 0 aromatic heterocycles. The minimum Gasteiger partial charge on any atom is -0.379 e. The van der Waals surface area contributed by atoms with Gasteiger partial charge in [0.15, 0.2) is 0 Å². The molecule has 1 fully saturated rings. The predicted molar refractivity (Wildman–Crippen MR) is 57.5 cm³/mol. The molecule has 2 atom stereocenters. The first-order chi connectivity index (χ1) is 6.86. The van der Waals surface area contributed by atoms with Crippen LogP contribution in [0.15, 0.2) is 0 Å². The van der Waals surface area contributed by atoms with Crippen molar-refractivity contribution in [3.05, 3.63) is 0 Å². The molecule has 1 aliphatic heterocycles. The topological polar surface area (TPSA) is 30.5 Å². The van der Waals surface area contributed by atoms with Crippen LogP contribution in [0.2, 0.25) is 0 Å². The number of hydrogen-bond acceptors (Lipinski definition) is 3. The van der Waals surface area contributed by atoms with Crippen LogP contribution >= 0.6 is 0 Å². The van der Waals surface area contributed by atoms with E-state index in [-0.39, 0.29) is 0 Å². The summed E-state index contributed by atoms with van der Waals surface area (Å²) in [5.74, 6) is 0. The van der Waals surface area contributed by atoms with Gasteiger partial charge >= 0.3 is 0 Å². The van der Waals surface area contributed by atoms with Gasteiger partial charge in [-0.25, -0.2) is 0 Å². The Bertz CT molecular complexity index is 141. The van der Waals surface area contributed by atoms with Crippen LogP contribution in [0, 0.1) is 0 Å². The van der Waals surface area contributed by atoms with E-state index in [1.54, 1.807) is 0 Å². The van der Waals surface area contributed by atoms with Crippen LogP contribution in [0.4, 0.5) is 0 Å². The van der Waals surface area contributed by atoms with Gasteiger partial charge < -0.3 is 14.8 Å². The number of hydrogen-bond donors (Lipinski definition) is 1. The second-order valence-corrected chi connectivity index (χ2v) is 3.82. The molecule has 1 aliphatic rings. The summed E-state index contributed by atoms with van der Waals surface area (Å²) in [5, 5.41) is 3.48. The summed E-state index contributed by atoms with van der Waals surface area (Å²) in [6.45, 7) is 7.49. The maximum absolute atomic E-state index is 5.69. The second kappa shape index (κ2) is 7.21. The number of nitrogens with one attached hydrogen (secondary N) is 1. The lowest BCUT2D eigenvalue weighted by molar-refractivity contribution is 0.0152. The predicted octanol–water partition coefficient (Wildman–Crippen LogP) is 1.57. The lowest BCUT2D eigenvalue weighted by Crippen LogP contribution is -2.21. The maximum Gasteiger partial charge on any atom is 0.0715 e. The van der Waals surface area contributed by atoms with Crippen molar-refractivity contribution in [1.29, 1.82) is 0 Å². The number of rotatable bonds is 7. The van der Waals surface area contributed by atoms with Crippen molar-refractivity contribution < 1.29 is 9.47 Å². The second-order valence-electron chi connectivity index (χ2n) is 3.82. The monoisotopic (exact) mass is 201 g/mol. The van der Waals surface area contributed by atoms with Crippen molar-refractivity contribution >= 4 is 0 Å². The molecule has 0 spiro atoms. The van der Waals surface area contributed by atoms with E-state index in [1.165, 1.54) is 19.3 Å². The Morgan fingerprint density at radius 2 is 2.14 bits per heavy atom. The average Bonchev–Trinajstić information content (AvgIpc) is 2.61. The Hall–Kier alpha value is -0.120. The van der Waals surface area contributed by atoms with Crippen LogP contribution in [0.25, 0.3) is 0 Å². The van der Waals surface area contributed by atoms with Gasteiger partial charge in [-0.1, -0.05) is 13.3 Å². The highest BCUT2D eigenvalue weighted by molar-refractivity contribution is 4.81. The first-order valence-electron chi connectivity index (χ1n) is 5.79. The third kappa shape index (κ3) is 4.40. The van der Waals surface area contributed by atoms with Gasteiger partial charge in [-0.2, -0.15) is 0 Å². The van der Waals surface area contributed by atoms with Crippen molar-refractivity contribution in [1.82, 2.24) is 5.32 Å². The van der Waals surface area contributed by atoms with Crippen molar-refractivity contribution in [3.8, 4) is 0 Å². The van der Waals surface area contributed by atoms with Gasteiger partial charge in [0.2, 0.25) is 0 Å². The van der Waals surface area contributed by atoms with E-state index in [0.717, 1.165) is 26.4 Å². The standard InChI is InChI=1S/C11H23NO2/c1-3-5-10-8-11(9-12-10)14-7-6-13-4-2/h10-12H,3-9H2,1-2H3/t10-,11-/m0/s1. The summed E-state index contributed by atoms with van der Waals surface area (Å²) >= 11 is 0. The molecule has 0 unspecified atom stereocenters. The normalized spacial score (nSPS) is 27.0. The highest BCUT2D eigenvalue weighted by atomic mass is 16.5. The zero-order valence-electron chi connectivity index (χ0n) is 9.42. The highest BCUT2D eigenvalue weighted by Crippen LogP contribution is 2.14. The Labute approximate surface area is 87.2 Å². The van der Waals surface area contributed by atoms with E-state index in [4.69, 9.17) is 9.47 Å². The van der Waals surface area contributed by atoms with E-state index in [0.29, 0.717) is 12.1 Å². The summed E-state index contributed by atoms with van der Waals surface area (Å²) in [6, 6.07) is 0.678. The third-order valence-electron chi connectivity index (χ3n) is 2.60. The number of ether oxygens (including phenoxy) is 2. The van der Waals surface area contributed by atoms with Gasteiger partial charge in [-0.05, 0) is 19.8 Å². The molecule has 0 saturated carbocycles. The van der Waals surface area contributed by atoms with Crippen molar-refractivity contribution in [2.75, 3.05) is 26.4 Å². The van der Waals surface area contributed by atoms with Crippen LogP contribution < -0.4 is 5.32 Å². The molecule has 1 rings (SSSR count). The summed E-state index contributed by atoms with van der Waals surface area (Å²) in [6.07, 6.45) is 4.10. The molecule has 0 amide bonds. The van der Waals surface area contributed by atoms with Crippen molar-refractivity contribution in [3.63, 3.8) is 0 Å². The Morgan fingerprint density at radius 1 is 1.29 bits per heavy atom. The molecule has 1 saturated heterocycles. The van der Waals surface area contributed by atoms with E-state index < -0.39 is 0 Å². The molecule has 1 heterocycles. The van der Waals surface area contributed by atoms with Crippen LogP contribution in [0.1, 0.15) is 33.1 Å². The van der Waals surface area contributed by atoms with Gasteiger partial charge in [0, 0.05) is 19.2 Å². The van der Waals surface area contributed by atoms with E-state index >= 15 is 0 Å². The zero-order valence-corrected chi connectivity index (χ0v) is 9.42. The van der Waals surface area contributed by atoms with Crippen molar-refractivity contribution in [2.24, 2.45) is 0 Å². The van der Waals surface area contributed by atoms with Gasteiger partial charge in [0.25, 0.3) is 0 Å². The van der Waals surface area contributed by atoms with Gasteiger partial charge in [0.1, 0.15) is 0 Å². The van der Waals surface area contributed by atoms with Crippen molar-refractivity contribution in [2.45, 2.75) is 45.3 Å². The molecule has 0 aromatic carbocycles. The summed E-state index contributed by atoms with van der Waals surface area (Å²) in [7, 11) is 0. The zero-order chi connectivity index (χ0) is 10.2. The fraction of sp³-hybridized carbons (Fsp3) is 1.00. The van der Waals surface area contributed by atoms with Crippen LogP contribution in [-0.2, 0) is 9.47 Å². The molecule has 0 bridgehead atoms. The maximum atomic E-state index is 5.69. The highest BCUT2D eigenvalue weighted by Gasteiger charge is 2.23. The average molecular weight is 201 g/mol. The molecule has 1 N–H and O–H groups in total. The molecular formula is C11H23NO2. The van der Waals surface area contributed by atoms with Crippen LogP contribution in [-0.4, -0.2) is 38.5 Å². The van der Waals surface area contributed by atoms with Gasteiger partial charge in [-0.15, -0.1) is 0 Å². The molecule has 0 aliphatic carbocycles. The first kappa shape index (κ1) is 12.0. The SMILES string of the molecule is CCC[C@H]1C[C@H](OCCOCC)CN1. The first-order valence-corrected chi connectivity index (χ1v) is 5.79. The molecule has 14 heavy (non-hydrogen) atoms. The van der Waals surface area contributed by atoms with Crippen LogP contribution in [0.3, 0.4) is 0 Å². The minimum absolute atomic E-state index is 0.409. The van der Waals surface area contributed by atoms with E-state index in [9.17, 15) is 0 Å².